The number of amides is 1. The first kappa shape index (κ1) is 16.8. The number of aryl methyl sites for hydroxylation is 2. The maximum atomic E-state index is 12.6. The molecule has 0 aliphatic carbocycles. The number of carbonyl (C=O) groups is 1. The van der Waals surface area contributed by atoms with Crippen molar-refractivity contribution in [1.29, 1.82) is 0 Å². The lowest BCUT2D eigenvalue weighted by atomic mass is 9.95. The molecule has 1 unspecified atom stereocenters. The maximum Gasteiger partial charge on any atom is 0.242 e. The monoisotopic (exact) mass is 303 g/mol. The number of nitrogens with two attached hydrogens (primary N) is 1. The van der Waals surface area contributed by atoms with Crippen LogP contribution in [0.1, 0.15) is 37.8 Å². The van der Waals surface area contributed by atoms with Gasteiger partial charge < -0.3 is 15.5 Å². The molecule has 2 rings (SSSR count). The predicted molar refractivity (Wildman–Crippen MR) is 92.2 cm³/mol. The lowest BCUT2D eigenvalue weighted by Gasteiger charge is -2.40. The minimum absolute atomic E-state index is 0.0926. The van der Waals surface area contributed by atoms with Crippen LogP contribution < -0.4 is 10.6 Å². The van der Waals surface area contributed by atoms with Gasteiger partial charge in [0.1, 0.15) is 0 Å². The zero-order chi connectivity index (χ0) is 16.3. The summed E-state index contributed by atoms with van der Waals surface area (Å²) in [5.41, 5.74) is 9.31. The van der Waals surface area contributed by atoms with Crippen molar-refractivity contribution in [2.75, 3.05) is 31.1 Å². The average Bonchev–Trinajstić information content (AvgIpc) is 2.49. The van der Waals surface area contributed by atoms with Gasteiger partial charge in [-0.2, -0.15) is 0 Å². The van der Waals surface area contributed by atoms with Gasteiger partial charge in [0.15, 0.2) is 0 Å². The smallest absolute Gasteiger partial charge is 0.242 e. The Morgan fingerprint density at radius 2 is 1.86 bits per heavy atom. The number of nitrogens with zero attached hydrogens (tertiary/aromatic N) is 2. The van der Waals surface area contributed by atoms with E-state index in [0.717, 1.165) is 39.0 Å². The molecule has 0 radical (unpaired) electrons. The molecule has 0 saturated carbocycles. The second-order valence-electron chi connectivity index (χ2n) is 6.74. The van der Waals surface area contributed by atoms with Crippen LogP contribution in [0.2, 0.25) is 0 Å². The molecule has 4 heteroatoms. The highest BCUT2D eigenvalue weighted by atomic mass is 16.2. The molecule has 0 spiro atoms. The van der Waals surface area contributed by atoms with E-state index in [4.69, 9.17) is 5.73 Å². The molecule has 0 aromatic heterocycles. The zero-order valence-corrected chi connectivity index (χ0v) is 14.4. The maximum absolute atomic E-state index is 12.6. The van der Waals surface area contributed by atoms with Crippen molar-refractivity contribution in [2.45, 2.75) is 46.1 Å². The first-order valence-corrected chi connectivity index (χ1v) is 8.25. The van der Waals surface area contributed by atoms with Crippen molar-refractivity contribution in [3.05, 3.63) is 29.3 Å². The molecule has 0 bridgehead atoms. The molecular formula is C18H29N3O. The van der Waals surface area contributed by atoms with Crippen LogP contribution in [0.4, 0.5) is 5.69 Å². The van der Waals surface area contributed by atoms with Crippen LogP contribution in [0.5, 0.6) is 0 Å². The van der Waals surface area contributed by atoms with Gasteiger partial charge in [-0.25, -0.2) is 0 Å². The molecule has 1 aliphatic rings. The molecule has 1 aromatic rings. The summed E-state index contributed by atoms with van der Waals surface area (Å²) in [7, 11) is 0. The third kappa shape index (κ3) is 3.61. The molecular weight excluding hydrogens is 274 g/mol. The largest absolute Gasteiger partial charge is 0.368 e. The molecule has 1 heterocycles. The summed E-state index contributed by atoms with van der Waals surface area (Å²) in [6, 6.07) is 6.54. The van der Waals surface area contributed by atoms with Crippen molar-refractivity contribution >= 4 is 11.6 Å². The van der Waals surface area contributed by atoms with E-state index in [2.05, 4.69) is 43.9 Å². The molecule has 1 amide bonds. The van der Waals surface area contributed by atoms with E-state index in [9.17, 15) is 4.79 Å². The fraction of sp³-hybridized carbons (Fsp3) is 0.611. The van der Waals surface area contributed by atoms with Gasteiger partial charge in [0, 0.05) is 31.9 Å². The van der Waals surface area contributed by atoms with Gasteiger partial charge in [-0.15, -0.1) is 0 Å². The van der Waals surface area contributed by atoms with E-state index in [1.807, 2.05) is 11.8 Å². The molecule has 1 fully saturated rings. The van der Waals surface area contributed by atoms with Gasteiger partial charge in [0.2, 0.25) is 5.91 Å². The highest BCUT2D eigenvalue weighted by Gasteiger charge is 2.33. The summed E-state index contributed by atoms with van der Waals surface area (Å²) < 4.78 is 0. The van der Waals surface area contributed by atoms with E-state index in [0.29, 0.717) is 0 Å². The second kappa shape index (κ2) is 6.69. The molecule has 2 N–H and O–H groups in total. The van der Waals surface area contributed by atoms with Crippen LogP contribution in [0.3, 0.4) is 0 Å². The third-order valence-corrected chi connectivity index (χ3v) is 4.53. The van der Waals surface area contributed by atoms with Crippen LogP contribution >= 0.6 is 0 Å². The van der Waals surface area contributed by atoms with E-state index in [1.165, 1.54) is 16.8 Å². The molecule has 1 aromatic carbocycles. The van der Waals surface area contributed by atoms with Crippen LogP contribution in [-0.2, 0) is 4.79 Å². The Morgan fingerprint density at radius 1 is 1.23 bits per heavy atom. The van der Waals surface area contributed by atoms with Crippen LogP contribution in [0.15, 0.2) is 18.2 Å². The summed E-state index contributed by atoms with van der Waals surface area (Å²) in [4.78, 5) is 16.9. The van der Waals surface area contributed by atoms with Crippen LogP contribution in [0, 0.1) is 13.8 Å². The van der Waals surface area contributed by atoms with Crippen LogP contribution in [0.25, 0.3) is 0 Å². The van der Waals surface area contributed by atoms with E-state index >= 15 is 0 Å². The lowest BCUT2D eigenvalue weighted by Crippen LogP contribution is -2.58. The molecule has 1 atom stereocenters. The Bertz CT molecular complexity index is 531. The van der Waals surface area contributed by atoms with Crippen molar-refractivity contribution in [1.82, 2.24) is 4.90 Å². The second-order valence-corrected chi connectivity index (χ2v) is 6.74. The first-order chi connectivity index (χ1) is 10.3. The van der Waals surface area contributed by atoms with Gasteiger partial charge in [0.25, 0.3) is 0 Å². The van der Waals surface area contributed by atoms with Gasteiger partial charge in [0.05, 0.1) is 5.54 Å². The first-order valence-electron chi connectivity index (χ1n) is 8.25. The summed E-state index contributed by atoms with van der Waals surface area (Å²) in [6.45, 7) is 11.4. The van der Waals surface area contributed by atoms with Gasteiger partial charge in [-0.05, 0) is 44.4 Å². The Hall–Kier alpha value is -1.55. The topological polar surface area (TPSA) is 49.6 Å². The predicted octanol–water partition coefficient (Wildman–Crippen LogP) is 2.47. The SMILES string of the molecule is CCCC(C)(N)C(=O)N1CCN(c2cc(C)ccc2C)CC1. The quantitative estimate of drug-likeness (QED) is 0.929. The number of rotatable bonds is 4. The molecule has 1 saturated heterocycles. The van der Waals surface area contributed by atoms with Gasteiger partial charge in [-0.3, -0.25) is 4.79 Å². The summed E-state index contributed by atoms with van der Waals surface area (Å²) in [5.74, 6) is 0.0926. The Labute approximate surface area is 134 Å². The molecule has 1 aliphatic heterocycles. The number of piperazine rings is 1. The van der Waals surface area contributed by atoms with Crippen molar-refractivity contribution in [3.8, 4) is 0 Å². The van der Waals surface area contributed by atoms with Crippen molar-refractivity contribution < 1.29 is 4.79 Å². The highest BCUT2D eigenvalue weighted by Crippen LogP contribution is 2.23. The molecule has 22 heavy (non-hydrogen) atoms. The minimum atomic E-state index is -0.726. The fourth-order valence-electron chi connectivity index (χ4n) is 3.20. The average molecular weight is 303 g/mol. The van der Waals surface area contributed by atoms with Gasteiger partial charge in [-0.1, -0.05) is 25.5 Å². The third-order valence-electron chi connectivity index (χ3n) is 4.53. The number of anilines is 1. The summed E-state index contributed by atoms with van der Waals surface area (Å²) in [5, 5.41) is 0. The van der Waals surface area contributed by atoms with Crippen molar-refractivity contribution in [2.24, 2.45) is 5.73 Å². The zero-order valence-electron chi connectivity index (χ0n) is 14.4. The Kier molecular flexibility index (Phi) is 5.12. The molecule has 4 nitrogen and oxygen atoms in total. The van der Waals surface area contributed by atoms with E-state index in [1.54, 1.807) is 0 Å². The number of hydrogen-bond acceptors (Lipinski definition) is 3. The Balaban J connectivity index is 2.01. The summed E-state index contributed by atoms with van der Waals surface area (Å²) >= 11 is 0. The normalized spacial score (nSPS) is 18.2. The standard InChI is InChI=1S/C18H29N3O/c1-5-8-18(4,19)17(22)21-11-9-20(10-12-21)16-13-14(2)6-7-15(16)3/h6-7,13H,5,8-12,19H2,1-4H3. The highest BCUT2D eigenvalue weighted by molar-refractivity contribution is 5.86. The molecule has 122 valence electrons. The van der Waals surface area contributed by atoms with E-state index in [-0.39, 0.29) is 5.91 Å². The lowest BCUT2D eigenvalue weighted by molar-refractivity contribution is -0.137. The minimum Gasteiger partial charge on any atom is -0.368 e. The van der Waals surface area contributed by atoms with Crippen LogP contribution in [-0.4, -0.2) is 42.5 Å². The van der Waals surface area contributed by atoms with E-state index < -0.39 is 5.54 Å². The Morgan fingerprint density at radius 3 is 2.45 bits per heavy atom. The fourth-order valence-corrected chi connectivity index (χ4v) is 3.20. The summed E-state index contributed by atoms with van der Waals surface area (Å²) in [6.07, 6.45) is 1.67. The number of benzene rings is 1. The van der Waals surface area contributed by atoms with Crippen molar-refractivity contribution in [3.63, 3.8) is 0 Å². The number of hydrogen-bond donors (Lipinski definition) is 1. The number of carbonyl (C=O) groups excluding carboxylic acids is 1. The van der Waals surface area contributed by atoms with Gasteiger partial charge >= 0.3 is 0 Å².